The molecule has 3 heteroatoms. The van der Waals surface area contributed by atoms with E-state index in [0.717, 1.165) is 6.08 Å². The van der Waals surface area contributed by atoms with Gasteiger partial charge in [0.15, 0.2) is 0 Å². The average molecular weight is 323 g/mol. The minimum atomic E-state index is -0.412. The summed E-state index contributed by atoms with van der Waals surface area (Å²) in [5.41, 5.74) is 1.17. The van der Waals surface area contributed by atoms with Gasteiger partial charge in [-0.15, -0.1) is 0 Å². The minimum absolute atomic E-state index is 0.255. The molecule has 1 aromatic rings. The molecule has 1 rings (SSSR count). The maximum absolute atomic E-state index is 10.2. The summed E-state index contributed by atoms with van der Waals surface area (Å²) < 4.78 is 4.47. The van der Waals surface area contributed by atoms with Crippen LogP contribution in [0.15, 0.2) is 100 Å². The number of carbonyl (C=O) groups excluding carboxylic acids is 1. The van der Waals surface area contributed by atoms with Gasteiger partial charge in [0.1, 0.15) is 6.61 Å². The van der Waals surface area contributed by atoms with Crippen molar-refractivity contribution in [1.29, 1.82) is 5.26 Å². The lowest BCUT2D eigenvalue weighted by Gasteiger charge is -1.92. The van der Waals surface area contributed by atoms with Crippen LogP contribution in [0.5, 0.6) is 0 Å². The quantitative estimate of drug-likeness (QED) is 0.243. The lowest BCUT2D eigenvalue weighted by Crippen LogP contribution is -1.98. The number of esters is 1. The van der Waals surface area contributed by atoms with Crippen LogP contribution < -0.4 is 0 Å². The van der Waals surface area contributed by atoms with Crippen molar-refractivity contribution in [2.75, 3.05) is 6.61 Å². The summed E-state index contributed by atoms with van der Waals surface area (Å²) in [5, 5.41) is 7.51. The molecule has 0 aliphatic heterocycles. The molecule has 24 heavy (non-hydrogen) atoms. The van der Waals surface area contributed by atoms with Crippen LogP contribution in [0.1, 0.15) is 5.56 Å². The highest BCUT2D eigenvalue weighted by Crippen LogP contribution is 1.97. The Morgan fingerprint density at radius 2 is 1.54 bits per heavy atom. The van der Waals surface area contributed by atoms with Crippen LogP contribution in [0.4, 0.5) is 0 Å². The first-order valence-corrected chi connectivity index (χ1v) is 6.89. The lowest BCUT2D eigenvalue weighted by atomic mass is 10.2. The highest BCUT2D eigenvalue weighted by molar-refractivity contribution is 5.81. The second kappa shape index (κ2) is 24.6. The van der Waals surface area contributed by atoms with E-state index in [1.165, 1.54) is 17.7 Å². The fraction of sp³-hybridized carbons (Fsp3) is 0.0476. The summed E-state index contributed by atoms with van der Waals surface area (Å²) in [7, 11) is 0. The number of hydrogen-bond acceptors (Lipinski definition) is 3. The average Bonchev–Trinajstić information content (AvgIpc) is 2.67. The molecule has 0 N–H and O–H groups in total. The van der Waals surface area contributed by atoms with Crippen molar-refractivity contribution >= 4 is 12.0 Å². The first kappa shape index (κ1) is 25.6. The third kappa shape index (κ3) is 27.0. The number of hydrogen-bond donors (Lipinski definition) is 0. The molecule has 0 aliphatic rings. The normalized spacial score (nSPS) is 6.79. The van der Waals surface area contributed by atoms with Crippen molar-refractivity contribution in [2.45, 2.75) is 0 Å². The van der Waals surface area contributed by atoms with Crippen molar-refractivity contribution < 1.29 is 9.53 Å². The van der Waals surface area contributed by atoms with E-state index in [0.29, 0.717) is 0 Å². The third-order valence-corrected chi connectivity index (χ3v) is 1.80. The summed E-state index contributed by atoms with van der Waals surface area (Å²) in [6.07, 6.45) is 8.91. The summed E-state index contributed by atoms with van der Waals surface area (Å²) >= 11 is 0. The fourth-order valence-electron chi connectivity index (χ4n) is 0.789. The molecule has 0 unspecified atom stereocenters. The molecular formula is C21H25NO2. The monoisotopic (exact) mass is 323 g/mol. The van der Waals surface area contributed by atoms with Gasteiger partial charge in [-0.05, 0) is 5.56 Å². The summed E-state index contributed by atoms with van der Waals surface area (Å²) in [6, 6.07) is 11.7. The Kier molecular flexibility index (Phi) is 26.2. The van der Waals surface area contributed by atoms with E-state index < -0.39 is 5.97 Å². The molecule has 3 nitrogen and oxygen atoms in total. The Labute approximate surface area is 145 Å². The van der Waals surface area contributed by atoms with E-state index >= 15 is 0 Å². The molecule has 0 aromatic heterocycles. The zero-order valence-electron chi connectivity index (χ0n) is 14.1. The second-order valence-corrected chi connectivity index (χ2v) is 3.54. The van der Waals surface area contributed by atoms with Crippen molar-refractivity contribution in [2.24, 2.45) is 0 Å². The van der Waals surface area contributed by atoms with Gasteiger partial charge in [-0.1, -0.05) is 94.1 Å². The van der Waals surface area contributed by atoms with E-state index in [1.54, 1.807) is 18.2 Å². The second-order valence-electron chi connectivity index (χ2n) is 3.54. The van der Waals surface area contributed by atoms with Gasteiger partial charge in [-0.2, -0.15) is 5.26 Å². The Bertz CT molecular complexity index is 531. The molecule has 0 fully saturated rings. The number of ether oxygens (including phenoxy) is 1. The maximum atomic E-state index is 10.2. The van der Waals surface area contributed by atoms with Crippen molar-refractivity contribution in [3.05, 3.63) is 106 Å². The van der Waals surface area contributed by atoms with Gasteiger partial charge < -0.3 is 4.74 Å². The number of allylic oxidation sites excluding steroid dienone is 3. The van der Waals surface area contributed by atoms with Crippen molar-refractivity contribution in [3.8, 4) is 6.07 Å². The summed E-state index contributed by atoms with van der Waals surface area (Å²) in [6.45, 7) is 20.3. The van der Waals surface area contributed by atoms with Gasteiger partial charge in [0.2, 0.25) is 0 Å². The Balaban J connectivity index is -0.000000260. The van der Waals surface area contributed by atoms with Crippen LogP contribution in [0.25, 0.3) is 6.08 Å². The maximum Gasteiger partial charge on any atom is 0.330 e. The fourth-order valence-corrected chi connectivity index (χ4v) is 0.789. The van der Waals surface area contributed by atoms with Crippen LogP contribution in [0.2, 0.25) is 0 Å². The standard InChI is InChI=1S/C8H8.C6H8O2.C4H6.C3H3N/c1-2-8-6-4-3-5-7-8;1-3-5-8-6(7)4-2;1-3-4-2;1-2-3-4/h2-7H,1H2;3-4H,1-2,5H2;3-4H,1-2H2;2H,1H2. The molecule has 0 spiro atoms. The zero-order chi connectivity index (χ0) is 19.1. The van der Waals surface area contributed by atoms with Gasteiger partial charge in [0, 0.05) is 12.2 Å². The van der Waals surface area contributed by atoms with Crippen LogP contribution in [0.3, 0.4) is 0 Å². The molecule has 1 aromatic carbocycles. The number of nitrogens with zero attached hydrogens (tertiary/aromatic N) is 1. The van der Waals surface area contributed by atoms with Crippen LogP contribution in [-0.4, -0.2) is 12.6 Å². The van der Waals surface area contributed by atoms with Crippen molar-refractivity contribution in [1.82, 2.24) is 0 Å². The number of carbonyl (C=O) groups is 1. The predicted molar refractivity (Wildman–Crippen MR) is 104 cm³/mol. The lowest BCUT2D eigenvalue weighted by molar-refractivity contribution is -0.136. The molecule has 0 atom stereocenters. The third-order valence-electron chi connectivity index (χ3n) is 1.80. The molecule has 0 amide bonds. The molecule has 0 radical (unpaired) electrons. The van der Waals surface area contributed by atoms with Gasteiger partial charge in [0.25, 0.3) is 0 Å². The molecule has 0 aliphatic carbocycles. The SMILES string of the molecule is C=CC#N.C=CC=C.C=CCOC(=O)C=C.C=Cc1ccccc1. The molecule has 0 bridgehead atoms. The van der Waals surface area contributed by atoms with E-state index in [-0.39, 0.29) is 6.61 Å². The van der Waals surface area contributed by atoms with E-state index in [9.17, 15) is 4.79 Å². The summed E-state index contributed by atoms with van der Waals surface area (Å²) in [5.74, 6) is -0.412. The molecule has 126 valence electrons. The Morgan fingerprint density at radius 1 is 1.04 bits per heavy atom. The van der Waals surface area contributed by atoms with Crippen LogP contribution in [-0.2, 0) is 9.53 Å². The highest BCUT2D eigenvalue weighted by atomic mass is 16.5. The van der Waals surface area contributed by atoms with E-state index in [2.05, 4.69) is 44.2 Å². The first-order chi connectivity index (χ1) is 11.6. The summed E-state index contributed by atoms with van der Waals surface area (Å²) in [4.78, 5) is 10.2. The number of benzene rings is 1. The van der Waals surface area contributed by atoms with Gasteiger partial charge in [-0.25, -0.2) is 4.79 Å². The smallest absolute Gasteiger partial charge is 0.330 e. The van der Waals surface area contributed by atoms with Gasteiger partial charge in [-0.3, -0.25) is 0 Å². The van der Waals surface area contributed by atoms with Crippen LogP contribution in [0, 0.1) is 11.3 Å². The number of nitriles is 1. The largest absolute Gasteiger partial charge is 0.458 e. The van der Waals surface area contributed by atoms with Crippen molar-refractivity contribution in [3.63, 3.8) is 0 Å². The Hall–Kier alpha value is -3.38. The topological polar surface area (TPSA) is 50.1 Å². The number of rotatable bonds is 5. The van der Waals surface area contributed by atoms with Gasteiger partial charge >= 0.3 is 5.97 Å². The molecule has 0 heterocycles. The van der Waals surface area contributed by atoms with Crippen LogP contribution >= 0.6 is 0 Å². The molecular weight excluding hydrogens is 298 g/mol. The molecule has 0 saturated carbocycles. The predicted octanol–water partition coefficient (Wildman–Crippen LogP) is 5.29. The van der Waals surface area contributed by atoms with E-state index in [1.807, 2.05) is 36.4 Å². The highest BCUT2D eigenvalue weighted by Gasteiger charge is 1.87. The van der Waals surface area contributed by atoms with Gasteiger partial charge in [0.05, 0.1) is 6.07 Å². The zero-order valence-corrected chi connectivity index (χ0v) is 14.1. The minimum Gasteiger partial charge on any atom is -0.458 e. The Morgan fingerprint density at radius 3 is 1.79 bits per heavy atom. The molecule has 0 saturated heterocycles. The first-order valence-electron chi connectivity index (χ1n) is 6.89. The van der Waals surface area contributed by atoms with E-state index in [4.69, 9.17) is 5.26 Å².